The molecule has 7 nitrogen and oxygen atoms in total. The molecule has 0 atom stereocenters. The van der Waals surface area contributed by atoms with Crippen molar-refractivity contribution in [2.75, 3.05) is 12.4 Å². The molecular formula is C17H14ClN3O4S2. The number of benzene rings is 2. The van der Waals surface area contributed by atoms with Crippen LogP contribution in [0.2, 0.25) is 5.02 Å². The quantitative estimate of drug-likeness (QED) is 0.441. The van der Waals surface area contributed by atoms with Gasteiger partial charge >= 0.3 is 5.30 Å². The van der Waals surface area contributed by atoms with Gasteiger partial charge in [0, 0.05) is 22.5 Å². The molecule has 0 aliphatic heterocycles. The Kier molecular flexibility index (Phi) is 6.15. The molecule has 0 unspecified atom stereocenters. The van der Waals surface area contributed by atoms with Gasteiger partial charge in [-0.15, -0.1) is 10.2 Å². The molecule has 2 aromatic carbocycles. The highest BCUT2D eigenvalue weighted by molar-refractivity contribution is 8.13. The second kappa shape index (κ2) is 8.55. The molecule has 0 aliphatic rings. The number of halogens is 1. The molecule has 0 aliphatic carbocycles. The number of rotatable bonds is 6. The van der Waals surface area contributed by atoms with Gasteiger partial charge in [0.2, 0.25) is 5.16 Å². The number of thioether (sulfide) groups is 1. The van der Waals surface area contributed by atoms with E-state index in [9.17, 15) is 13.2 Å². The second-order valence-electron chi connectivity index (χ2n) is 5.29. The Hall–Kier alpha value is -2.36. The van der Waals surface area contributed by atoms with E-state index in [1.54, 1.807) is 47.0 Å². The largest absolute Gasteiger partial charge is 0.456 e. The van der Waals surface area contributed by atoms with Crippen LogP contribution < -0.4 is 0 Å². The van der Waals surface area contributed by atoms with E-state index < -0.39 is 15.1 Å². The first-order chi connectivity index (χ1) is 13.0. The van der Waals surface area contributed by atoms with Crippen LogP contribution in [0.4, 0.5) is 4.79 Å². The van der Waals surface area contributed by atoms with Crippen LogP contribution in [-0.2, 0) is 14.6 Å². The van der Waals surface area contributed by atoms with Crippen molar-refractivity contribution in [3.05, 3.63) is 65.9 Å². The average molecular weight is 424 g/mol. The molecule has 0 spiro atoms. The van der Waals surface area contributed by atoms with Gasteiger partial charge in [-0.3, -0.25) is 4.57 Å². The number of hydrogen-bond acceptors (Lipinski definition) is 7. The van der Waals surface area contributed by atoms with Gasteiger partial charge in [-0.2, -0.15) is 0 Å². The number of hydrogen-bond donors (Lipinski definition) is 0. The smallest absolute Gasteiger partial charge is 0.375 e. The number of nitrogens with zero attached hydrogens (tertiary/aromatic N) is 3. The summed E-state index contributed by atoms with van der Waals surface area (Å²) < 4.78 is 30.9. The minimum Gasteiger partial charge on any atom is -0.456 e. The molecule has 27 heavy (non-hydrogen) atoms. The lowest BCUT2D eigenvalue weighted by atomic mass is 10.3. The van der Waals surface area contributed by atoms with Gasteiger partial charge in [0.15, 0.2) is 9.84 Å². The predicted octanol–water partition coefficient (Wildman–Crippen LogP) is 3.62. The molecule has 3 rings (SSSR count). The highest BCUT2D eigenvalue weighted by Gasteiger charge is 2.17. The molecule has 0 N–H and O–H groups in total. The summed E-state index contributed by atoms with van der Waals surface area (Å²) in [6.07, 6.45) is 1.46. The third kappa shape index (κ3) is 5.09. The van der Waals surface area contributed by atoms with Gasteiger partial charge in [-0.1, -0.05) is 29.8 Å². The fourth-order valence-electron chi connectivity index (χ4n) is 2.16. The number of ether oxygens (including phenoxy) is 1. The summed E-state index contributed by atoms with van der Waals surface area (Å²) in [6, 6.07) is 14.9. The van der Waals surface area contributed by atoms with Crippen LogP contribution in [0.25, 0.3) is 5.69 Å². The molecule has 0 amide bonds. The molecule has 0 saturated carbocycles. The maximum atomic E-state index is 12.2. The molecule has 10 heteroatoms. The van der Waals surface area contributed by atoms with E-state index in [0.29, 0.717) is 10.2 Å². The molecule has 0 saturated heterocycles. The van der Waals surface area contributed by atoms with Crippen LogP contribution in [0.1, 0.15) is 0 Å². The molecule has 140 valence electrons. The van der Waals surface area contributed by atoms with Crippen LogP contribution in [0.15, 0.2) is 71.0 Å². The summed E-state index contributed by atoms with van der Waals surface area (Å²) in [5.74, 6) is -0.298. The lowest BCUT2D eigenvalue weighted by molar-refractivity contribution is 0.182. The van der Waals surface area contributed by atoms with E-state index in [1.807, 2.05) is 0 Å². The number of aromatic nitrogens is 3. The summed E-state index contributed by atoms with van der Waals surface area (Å²) >= 11 is 6.59. The minimum absolute atomic E-state index is 0.191. The Bertz CT molecular complexity index is 1020. The van der Waals surface area contributed by atoms with Crippen LogP contribution in [0.3, 0.4) is 0 Å². The SMILES string of the molecule is O=C(OCCS(=O)(=O)c1ccccc1)Sc1nncn1-c1ccc(Cl)cc1. The van der Waals surface area contributed by atoms with E-state index in [2.05, 4.69) is 10.2 Å². The average Bonchev–Trinajstić information content (AvgIpc) is 3.11. The molecular weight excluding hydrogens is 410 g/mol. The maximum Gasteiger partial charge on any atom is 0.375 e. The van der Waals surface area contributed by atoms with Crippen LogP contribution in [0, 0.1) is 0 Å². The van der Waals surface area contributed by atoms with E-state index in [-0.39, 0.29) is 17.3 Å². The first-order valence-corrected chi connectivity index (χ1v) is 10.6. The topological polar surface area (TPSA) is 91.2 Å². The normalized spacial score (nSPS) is 11.3. The summed E-state index contributed by atoms with van der Waals surface area (Å²) in [6.45, 7) is -0.252. The zero-order valence-electron chi connectivity index (χ0n) is 13.9. The Morgan fingerprint density at radius 3 is 2.52 bits per heavy atom. The van der Waals surface area contributed by atoms with Crippen molar-refractivity contribution in [1.82, 2.24) is 14.8 Å². The number of carbonyl (C=O) groups excluding carboxylic acids is 1. The third-order valence-electron chi connectivity index (χ3n) is 3.47. The van der Waals surface area contributed by atoms with Crippen LogP contribution >= 0.6 is 23.4 Å². The summed E-state index contributed by atoms with van der Waals surface area (Å²) in [5.41, 5.74) is 0.728. The van der Waals surface area contributed by atoms with Gasteiger partial charge < -0.3 is 4.74 Å². The zero-order valence-corrected chi connectivity index (χ0v) is 16.2. The summed E-state index contributed by atoms with van der Waals surface area (Å²) in [7, 11) is -3.51. The van der Waals surface area contributed by atoms with Crippen molar-refractivity contribution in [3.63, 3.8) is 0 Å². The highest BCUT2D eigenvalue weighted by Crippen LogP contribution is 2.22. The lowest BCUT2D eigenvalue weighted by Gasteiger charge is -2.07. The van der Waals surface area contributed by atoms with Crippen LogP contribution in [0.5, 0.6) is 0 Å². The van der Waals surface area contributed by atoms with Crippen molar-refractivity contribution in [1.29, 1.82) is 0 Å². The molecule has 0 radical (unpaired) electrons. The minimum atomic E-state index is -3.51. The fourth-order valence-corrected chi connectivity index (χ4v) is 4.02. The maximum absolute atomic E-state index is 12.2. The Morgan fingerprint density at radius 2 is 1.81 bits per heavy atom. The second-order valence-corrected chi connectivity index (χ2v) is 8.74. The zero-order chi connectivity index (χ0) is 19.3. The molecule has 1 aromatic heterocycles. The Morgan fingerprint density at radius 1 is 1.11 bits per heavy atom. The molecule has 0 fully saturated rings. The van der Waals surface area contributed by atoms with Crippen LogP contribution in [-0.4, -0.2) is 40.8 Å². The van der Waals surface area contributed by atoms with Crippen molar-refractivity contribution < 1.29 is 17.9 Å². The fraction of sp³-hybridized carbons (Fsp3) is 0.118. The monoisotopic (exact) mass is 423 g/mol. The van der Waals surface area contributed by atoms with E-state index in [1.165, 1.54) is 18.5 Å². The van der Waals surface area contributed by atoms with E-state index in [0.717, 1.165) is 17.4 Å². The first kappa shape index (κ1) is 19.4. The Labute approximate surface area is 165 Å². The lowest BCUT2D eigenvalue weighted by Crippen LogP contribution is -2.14. The number of carbonyl (C=O) groups is 1. The van der Waals surface area contributed by atoms with Gasteiger partial charge in [-0.25, -0.2) is 13.2 Å². The highest BCUT2D eigenvalue weighted by atomic mass is 35.5. The predicted molar refractivity (Wildman–Crippen MR) is 102 cm³/mol. The van der Waals surface area contributed by atoms with Gasteiger partial charge in [-0.05, 0) is 36.4 Å². The molecule has 3 aromatic rings. The van der Waals surface area contributed by atoms with E-state index >= 15 is 0 Å². The van der Waals surface area contributed by atoms with Gasteiger partial charge in [0.05, 0.1) is 10.6 Å². The van der Waals surface area contributed by atoms with Crippen molar-refractivity contribution >= 4 is 38.5 Å². The molecule has 1 heterocycles. The van der Waals surface area contributed by atoms with Crippen molar-refractivity contribution in [2.45, 2.75) is 10.1 Å². The Balaban J connectivity index is 1.58. The van der Waals surface area contributed by atoms with E-state index in [4.69, 9.17) is 16.3 Å². The van der Waals surface area contributed by atoms with Gasteiger partial charge in [0.25, 0.3) is 0 Å². The standard InChI is InChI=1S/C17H14ClN3O4S2/c18-13-6-8-14(9-7-13)21-12-19-20-16(21)26-17(22)25-10-11-27(23,24)15-4-2-1-3-5-15/h1-9,12H,10-11H2. The summed E-state index contributed by atoms with van der Waals surface area (Å²) in [4.78, 5) is 12.2. The van der Waals surface area contributed by atoms with Crippen molar-refractivity contribution in [3.8, 4) is 5.69 Å². The van der Waals surface area contributed by atoms with Crippen molar-refractivity contribution in [2.24, 2.45) is 0 Å². The summed E-state index contributed by atoms with van der Waals surface area (Å²) in [5, 5.41) is 7.89. The first-order valence-electron chi connectivity index (χ1n) is 7.74. The third-order valence-corrected chi connectivity index (χ3v) is 6.16. The van der Waals surface area contributed by atoms with Gasteiger partial charge in [0.1, 0.15) is 12.9 Å². The number of sulfone groups is 1. The molecule has 0 bridgehead atoms.